The molecule has 3 aliphatic rings. The molecular formula is C36H41ClFN3O10. The molecular weight excluding hydrogens is 689 g/mol. The van der Waals surface area contributed by atoms with Gasteiger partial charge in [0.2, 0.25) is 5.91 Å². The van der Waals surface area contributed by atoms with Crippen molar-refractivity contribution in [2.24, 2.45) is 5.92 Å². The van der Waals surface area contributed by atoms with Crippen molar-refractivity contribution in [3.8, 4) is 0 Å². The van der Waals surface area contributed by atoms with Gasteiger partial charge in [-0.05, 0) is 50.5 Å². The summed E-state index contributed by atoms with van der Waals surface area (Å²) < 4.78 is 37.8. The van der Waals surface area contributed by atoms with Crippen LogP contribution >= 0.6 is 11.6 Å². The highest BCUT2D eigenvalue weighted by Crippen LogP contribution is 2.49. The van der Waals surface area contributed by atoms with Gasteiger partial charge in [0, 0.05) is 38.6 Å². The largest absolute Gasteiger partial charge is 0.462 e. The maximum Gasteiger partial charge on any atom is 0.412 e. The van der Waals surface area contributed by atoms with Crippen molar-refractivity contribution in [2.75, 3.05) is 24.4 Å². The van der Waals surface area contributed by atoms with Crippen LogP contribution in [0.2, 0.25) is 5.02 Å². The summed E-state index contributed by atoms with van der Waals surface area (Å²) in [5, 5.41) is 25.6. The number of epoxide rings is 1. The first-order chi connectivity index (χ1) is 23.9. The molecule has 0 aliphatic carbocycles. The predicted molar refractivity (Wildman–Crippen MR) is 185 cm³/mol. The Labute approximate surface area is 299 Å². The molecule has 13 nitrogen and oxygen atoms in total. The van der Waals surface area contributed by atoms with E-state index in [0.717, 1.165) is 34.9 Å². The second-order valence-corrected chi connectivity index (χ2v) is 14.0. The molecule has 51 heavy (non-hydrogen) atoms. The summed E-state index contributed by atoms with van der Waals surface area (Å²) in [6.45, 7) is 7.13. The quantitative estimate of drug-likeness (QED) is 0.165. The number of rotatable bonds is 4. The van der Waals surface area contributed by atoms with Gasteiger partial charge in [-0.1, -0.05) is 48.4 Å². The Kier molecular flexibility index (Phi) is 10.9. The zero-order valence-electron chi connectivity index (χ0n) is 29.1. The van der Waals surface area contributed by atoms with Crippen molar-refractivity contribution in [1.29, 1.82) is 0 Å². The molecule has 2 amide bonds. The molecule has 2 aromatic rings. The average Bonchev–Trinajstić information content (AvgIpc) is 3.75. The highest BCUT2D eigenvalue weighted by molar-refractivity contribution is 6.34. The molecule has 0 spiro atoms. The normalized spacial score (nSPS) is 31.4. The summed E-state index contributed by atoms with van der Waals surface area (Å²) in [6, 6.07) is 6.33. The lowest BCUT2D eigenvalue weighted by atomic mass is 9.78. The number of nitro benzene ring substituents is 1. The Morgan fingerprint density at radius 1 is 1.24 bits per heavy atom. The Morgan fingerprint density at radius 3 is 2.65 bits per heavy atom. The van der Waals surface area contributed by atoms with Gasteiger partial charge in [0.1, 0.15) is 35.3 Å². The second-order valence-electron chi connectivity index (χ2n) is 13.7. The van der Waals surface area contributed by atoms with Crippen LogP contribution in [-0.2, 0) is 35.0 Å². The second kappa shape index (κ2) is 14.7. The van der Waals surface area contributed by atoms with Crippen molar-refractivity contribution in [1.82, 2.24) is 0 Å². The van der Waals surface area contributed by atoms with E-state index in [1.807, 2.05) is 26.0 Å². The van der Waals surface area contributed by atoms with E-state index in [-0.39, 0.29) is 12.8 Å². The first-order valence-electron chi connectivity index (χ1n) is 16.4. The number of methoxy groups -OCH3 is 1. The van der Waals surface area contributed by atoms with E-state index < -0.39 is 88.0 Å². The van der Waals surface area contributed by atoms with Crippen LogP contribution in [0, 0.1) is 28.8 Å². The number of nitrogens with one attached hydrogen (secondary N) is 1. The van der Waals surface area contributed by atoms with Gasteiger partial charge in [0.15, 0.2) is 0 Å². The number of ether oxygens (including phenoxy) is 4. The minimum absolute atomic E-state index is 0.00471. The molecule has 2 N–H and O–H groups in total. The van der Waals surface area contributed by atoms with E-state index in [2.05, 4.69) is 5.32 Å². The van der Waals surface area contributed by atoms with Gasteiger partial charge in [-0.2, -0.15) is 0 Å². The van der Waals surface area contributed by atoms with Gasteiger partial charge in [0.25, 0.3) is 5.69 Å². The Hall–Kier alpha value is -4.37. The molecule has 2 saturated heterocycles. The highest BCUT2D eigenvalue weighted by Gasteiger charge is 2.64. The number of amides is 2. The third-order valence-corrected chi connectivity index (χ3v) is 10.3. The lowest BCUT2D eigenvalue weighted by molar-refractivity contribution is -0.384. The van der Waals surface area contributed by atoms with Crippen LogP contribution in [0.1, 0.15) is 51.2 Å². The van der Waals surface area contributed by atoms with Crippen molar-refractivity contribution in [2.45, 2.75) is 89.0 Å². The fraction of sp³-hybridized carbons (Fsp3) is 0.472. The molecule has 0 saturated carbocycles. The smallest absolute Gasteiger partial charge is 0.412 e. The van der Waals surface area contributed by atoms with E-state index >= 15 is 0 Å². The van der Waals surface area contributed by atoms with Crippen molar-refractivity contribution in [3.63, 3.8) is 0 Å². The van der Waals surface area contributed by atoms with Crippen molar-refractivity contribution in [3.05, 3.63) is 86.2 Å². The Morgan fingerprint density at radius 2 is 1.96 bits per heavy atom. The summed E-state index contributed by atoms with van der Waals surface area (Å²) in [4.78, 5) is 52.0. The summed E-state index contributed by atoms with van der Waals surface area (Å²) in [7, 11) is 2.98. The number of aliphatic hydroxyl groups is 1. The van der Waals surface area contributed by atoms with Crippen LogP contribution in [0.25, 0.3) is 0 Å². The van der Waals surface area contributed by atoms with Crippen LogP contribution in [0.4, 0.5) is 26.2 Å². The number of carbonyl (C=O) groups is 3. The minimum atomic E-state index is -1.62. The number of non-ortho nitro benzene ring substituents is 1. The molecule has 3 aliphatic heterocycles. The van der Waals surface area contributed by atoms with Crippen LogP contribution in [-0.4, -0.2) is 77.8 Å². The third kappa shape index (κ3) is 8.09. The topological polar surface area (TPSA) is 170 Å². The van der Waals surface area contributed by atoms with Crippen LogP contribution in [0.15, 0.2) is 54.1 Å². The minimum Gasteiger partial charge on any atom is -0.462 e. The molecule has 0 aromatic heterocycles. The number of hydrogen-bond donors (Lipinski definition) is 2. The number of fused-ring (bicyclic) bond motifs is 5. The van der Waals surface area contributed by atoms with Gasteiger partial charge in [-0.15, -0.1) is 0 Å². The summed E-state index contributed by atoms with van der Waals surface area (Å²) in [5.41, 5.74) is -0.926. The van der Waals surface area contributed by atoms with Crippen LogP contribution in [0.3, 0.4) is 0 Å². The Balaban J connectivity index is 1.53. The van der Waals surface area contributed by atoms with E-state index in [0.29, 0.717) is 17.1 Å². The van der Waals surface area contributed by atoms with E-state index in [9.17, 15) is 34.0 Å². The van der Waals surface area contributed by atoms with Gasteiger partial charge in [-0.25, -0.2) is 9.18 Å². The predicted octanol–water partition coefficient (Wildman–Crippen LogP) is 5.97. The fourth-order valence-electron chi connectivity index (χ4n) is 6.89. The number of anilines is 2. The summed E-state index contributed by atoms with van der Waals surface area (Å²) in [5.74, 6) is -2.64. The number of esters is 1. The highest BCUT2D eigenvalue weighted by atomic mass is 35.5. The molecule has 0 radical (unpaired) electrons. The van der Waals surface area contributed by atoms with E-state index in [1.165, 1.54) is 12.0 Å². The molecule has 2 fully saturated rings. The maximum atomic E-state index is 14.6. The van der Waals surface area contributed by atoms with Gasteiger partial charge >= 0.3 is 12.1 Å². The molecule has 5 rings (SSSR count). The number of nitrogens with zero attached hydrogens (tertiary/aromatic N) is 2. The number of halogens is 2. The van der Waals surface area contributed by atoms with Crippen molar-refractivity contribution >= 4 is 46.6 Å². The average molecular weight is 730 g/mol. The van der Waals surface area contributed by atoms with Gasteiger partial charge in [0.05, 0.1) is 40.3 Å². The van der Waals surface area contributed by atoms with E-state index in [1.54, 1.807) is 39.1 Å². The lowest BCUT2D eigenvalue weighted by Crippen LogP contribution is -2.53. The summed E-state index contributed by atoms with van der Waals surface area (Å²) >= 11 is 6.70. The molecule has 4 bridgehead atoms. The number of nitro groups is 1. The SMILES string of the molecule is CO[C@@H]1/C=C/C=C(\C)Cc2cc(C)c(Cl)c(c2)N(C)C(=O)C[C@H](OC(=O)Nc2cc([N+](=O)[O-])ccc2F)[C@]2(C)O[C@H]2[C@H](C)[C@@H]2C[C@@]1(O)CC(=O)O2. The number of aryl methyl sites for hydroxylation is 1. The molecule has 3 heterocycles. The first kappa shape index (κ1) is 37.9. The molecule has 7 atom stereocenters. The number of carbonyl (C=O) groups excluding carboxylic acids is 3. The third-order valence-electron chi connectivity index (χ3n) is 9.85. The molecule has 0 unspecified atom stereocenters. The lowest BCUT2D eigenvalue weighted by Gasteiger charge is -2.41. The molecule has 15 heteroatoms. The van der Waals surface area contributed by atoms with Crippen LogP contribution in [0.5, 0.6) is 0 Å². The maximum absolute atomic E-state index is 14.6. The summed E-state index contributed by atoms with van der Waals surface area (Å²) in [6.07, 6.45) is 0.194. The standard InChI is InChI=1S/C36H41ClFN3O10/c1-19-8-7-9-28(48-6)36(45)17-27(49-31(43)18-36)21(3)33-35(4,51-33)29(50-34(44)39-25-15-23(41(46)47)10-11-24(25)38)16-30(42)40(5)26-14-22(12-19)13-20(2)32(26)37/h7-11,13-15,21,27-29,33,45H,12,16-18H2,1-6H3,(H,39,44)/b9-7+,19-8+/t21-,27+,28-,29+,33+,35+,36-/m1/s1. The zero-order chi connectivity index (χ0) is 37.4. The zero-order valence-corrected chi connectivity index (χ0v) is 29.9. The molecule has 2 aromatic carbocycles. The van der Waals surface area contributed by atoms with Crippen LogP contribution < -0.4 is 10.2 Å². The Bertz CT molecular complexity index is 1800. The van der Waals surface area contributed by atoms with Crippen molar-refractivity contribution < 1.29 is 47.8 Å². The number of hydrogen-bond acceptors (Lipinski definition) is 10. The fourth-order valence-corrected chi connectivity index (χ4v) is 7.12. The number of allylic oxidation sites excluding steroid dienone is 3. The number of benzene rings is 2. The van der Waals surface area contributed by atoms with Gasteiger partial charge < -0.3 is 29.0 Å². The first-order valence-corrected chi connectivity index (χ1v) is 16.8. The van der Waals surface area contributed by atoms with Gasteiger partial charge in [-0.3, -0.25) is 25.0 Å². The molecule has 274 valence electrons. The monoisotopic (exact) mass is 729 g/mol. The van der Waals surface area contributed by atoms with E-state index in [4.69, 9.17) is 30.5 Å².